The fourth-order valence-corrected chi connectivity index (χ4v) is 3.89. The summed E-state index contributed by atoms with van der Waals surface area (Å²) in [5, 5.41) is 3.16. The lowest BCUT2D eigenvalue weighted by Crippen LogP contribution is -2.52. The fraction of sp³-hybridized carbons (Fsp3) is 1.00. The zero-order chi connectivity index (χ0) is 12.4. The first kappa shape index (κ1) is 13.3. The molecule has 100 valence electrons. The second kappa shape index (κ2) is 5.22. The van der Waals surface area contributed by atoms with E-state index in [1.807, 2.05) is 0 Å². The minimum Gasteiger partial charge on any atom is -0.314 e. The molecule has 6 heteroatoms. The Labute approximate surface area is 104 Å². The van der Waals surface area contributed by atoms with Gasteiger partial charge in [-0.3, -0.25) is 0 Å². The van der Waals surface area contributed by atoms with Crippen LogP contribution in [-0.2, 0) is 10.2 Å². The first-order chi connectivity index (χ1) is 8.08. The van der Waals surface area contributed by atoms with Gasteiger partial charge < -0.3 is 5.32 Å². The van der Waals surface area contributed by atoms with E-state index >= 15 is 0 Å². The molecule has 0 unspecified atom stereocenters. The third-order valence-electron chi connectivity index (χ3n) is 4.21. The Morgan fingerprint density at radius 1 is 1.29 bits per heavy atom. The predicted molar refractivity (Wildman–Crippen MR) is 67.9 cm³/mol. The molecular weight excluding hydrogens is 238 g/mol. The van der Waals surface area contributed by atoms with Crippen LogP contribution >= 0.6 is 0 Å². The van der Waals surface area contributed by atoms with Gasteiger partial charge in [0.2, 0.25) is 0 Å². The minimum atomic E-state index is -3.26. The van der Waals surface area contributed by atoms with Crippen molar-refractivity contribution >= 4 is 10.2 Å². The van der Waals surface area contributed by atoms with Crippen LogP contribution in [0.4, 0.5) is 0 Å². The maximum absolute atomic E-state index is 12.1. The van der Waals surface area contributed by atoms with E-state index in [4.69, 9.17) is 0 Å². The van der Waals surface area contributed by atoms with Crippen LogP contribution in [0.25, 0.3) is 0 Å². The molecule has 2 aliphatic rings. The van der Waals surface area contributed by atoms with Gasteiger partial charge in [-0.2, -0.15) is 12.7 Å². The first-order valence-electron chi connectivity index (χ1n) is 6.53. The van der Waals surface area contributed by atoms with Crippen molar-refractivity contribution in [3.63, 3.8) is 0 Å². The molecule has 0 aromatic heterocycles. The molecule has 2 fully saturated rings. The molecule has 2 rings (SSSR count). The average Bonchev–Trinajstić information content (AvgIpc) is 2.29. The van der Waals surface area contributed by atoms with Crippen molar-refractivity contribution < 1.29 is 8.42 Å². The lowest BCUT2D eigenvalue weighted by atomic mass is 9.67. The van der Waals surface area contributed by atoms with E-state index < -0.39 is 10.2 Å². The summed E-state index contributed by atoms with van der Waals surface area (Å²) in [6.07, 6.45) is 4.63. The summed E-state index contributed by atoms with van der Waals surface area (Å²) < 4.78 is 28.5. The molecule has 1 saturated heterocycles. The van der Waals surface area contributed by atoms with Crippen molar-refractivity contribution in [3.05, 3.63) is 0 Å². The van der Waals surface area contributed by atoms with Crippen molar-refractivity contribution in [2.75, 3.05) is 32.7 Å². The summed E-state index contributed by atoms with van der Waals surface area (Å²) in [4.78, 5) is 0. The Bertz CT molecular complexity index is 340. The number of hydrogen-bond donors (Lipinski definition) is 2. The average molecular weight is 261 g/mol. The van der Waals surface area contributed by atoms with E-state index in [0.29, 0.717) is 19.6 Å². The Kier molecular flexibility index (Phi) is 4.07. The van der Waals surface area contributed by atoms with E-state index in [1.165, 1.54) is 6.42 Å². The normalized spacial score (nSPS) is 25.5. The highest BCUT2D eigenvalue weighted by Gasteiger charge is 2.36. The molecule has 2 N–H and O–H groups in total. The van der Waals surface area contributed by atoms with Crippen LogP contribution in [0.2, 0.25) is 0 Å². The molecule has 0 atom stereocenters. The maximum atomic E-state index is 12.1. The van der Waals surface area contributed by atoms with Crippen LogP contribution in [0.1, 0.15) is 32.6 Å². The highest BCUT2D eigenvalue weighted by molar-refractivity contribution is 7.87. The minimum absolute atomic E-state index is 0.237. The van der Waals surface area contributed by atoms with Gasteiger partial charge in [0.15, 0.2) is 0 Å². The van der Waals surface area contributed by atoms with Crippen LogP contribution in [-0.4, -0.2) is 45.4 Å². The van der Waals surface area contributed by atoms with Crippen LogP contribution in [0.3, 0.4) is 0 Å². The van der Waals surface area contributed by atoms with Gasteiger partial charge in [-0.1, -0.05) is 13.3 Å². The Morgan fingerprint density at radius 2 is 1.94 bits per heavy atom. The summed E-state index contributed by atoms with van der Waals surface area (Å²) in [7, 11) is -3.26. The monoisotopic (exact) mass is 261 g/mol. The molecule has 0 amide bonds. The highest BCUT2D eigenvalue weighted by atomic mass is 32.2. The lowest BCUT2D eigenvalue weighted by molar-refractivity contribution is 0.132. The third kappa shape index (κ3) is 2.99. The highest BCUT2D eigenvalue weighted by Crippen LogP contribution is 2.43. The largest absolute Gasteiger partial charge is 0.314 e. The van der Waals surface area contributed by atoms with Gasteiger partial charge in [0.1, 0.15) is 0 Å². The molecule has 0 spiro atoms. The summed E-state index contributed by atoms with van der Waals surface area (Å²) in [5.41, 5.74) is 0.237. The maximum Gasteiger partial charge on any atom is 0.279 e. The number of hydrogen-bond acceptors (Lipinski definition) is 3. The summed E-state index contributed by atoms with van der Waals surface area (Å²) in [6, 6.07) is 0. The molecule has 1 aliphatic carbocycles. The summed E-state index contributed by atoms with van der Waals surface area (Å²) in [6.45, 7) is 5.41. The van der Waals surface area contributed by atoms with Crippen molar-refractivity contribution in [1.82, 2.24) is 14.3 Å². The van der Waals surface area contributed by atoms with Gasteiger partial charge in [-0.05, 0) is 24.7 Å². The number of nitrogens with zero attached hydrogens (tertiary/aromatic N) is 1. The summed E-state index contributed by atoms with van der Waals surface area (Å²) in [5.74, 6) is 0. The van der Waals surface area contributed by atoms with Crippen LogP contribution < -0.4 is 10.0 Å². The molecule has 0 aromatic rings. The Hall–Kier alpha value is -0.170. The fourth-order valence-electron chi connectivity index (χ4n) is 2.55. The lowest BCUT2D eigenvalue weighted by Gasteiger charge is -2.41. The van der Waals surface area contributed by atoms with Crippen molar-refractivity contribution in [2.24, 2.45) is 5.41 Å². The van der Waals surface area contributed by atoms with E-state index in [-0.39, 0.29) is 5.41 Å². The molecule has 1 heterocycles. The van der Waals surface area contributed by atoms with Crippen LogP contribution in [0.5, 0.6) is 0 Å². The molecule has 17 heavy (non-hydrogen) atoms. The van der Waals surface area contributed by atoms with Crippen molar-refractivity contribution in [1.29, 1.82) is 0 Å². The van der Waals surface area contributed by atoms with E-state index in [2.05, 4.69) is 17.0 Å². The van der Waals surface area contributed by atoms with Gasteiger partial charge in [0, 0.05) is 32.7 Å². The number of nitrogens with one attached hydrogen (secondary N) is 2. The predicted octanol–water partition coefficient (Wildman–Crippen LogP) is 0.306. The van der Waals surface area contributed by atoms with Crippen molar-refractivity contribution in [3.8, 4) is 0 Å². The zero-order valence-electron chi connectivity index (χ0n) is 10.5. The standard InChI is InChI=1S/C11H23N3O2S/c1-2-11(4-3-5-11)10-13-17(15,16)14-8-6-12-7-9-14/h12-13H,2-10H2,1H3. The first-order valence-corrected chi connectivity index (χ1v) is 7.97. The third-order valence-corrected chi connectivity index (χ3v) is 5.76. The second-order valence-electron chi connectivity index (χ2n) is 5.18. The van der Waals surface area contributed by atoms with Gasteiger partial charge in [0.05, 0.1) is 0 Å². The number of piperazine rings is 1. The van der Waals surface area contributed by atoms with Gasteiger partial charge in [-0.25, -0.2) is 4.72 Å². The molecule has 0 bridgehead atoms. The van der Waals surface area contributed by atoms with Gasteiger partial charge >= 0.3 is 0 Å². The van der Waals surface area contributed by atoms with E-state index in [1.54, 1.807) is 4.31 Å². The van der Waals surface area contributed by atoms with Gasteiger partial charge in [-0.15, -0.1) is 0 Å². The quantitative estimate of drug-likeness (QED) is 0.748. The molecule has 1 aliphatic heterocycles. The van der Waals surface area contributed by atoms with Crippen molar-refractivity contribution in [2.45, 2.75) is 32.6 Å². The SMILES string of the molecule is CCC1(CNS(=O)(=O)N2CCNCC2)CCC1. The van der Waals surface area contributed by atoms with Crippen LogP contribution in [0.15, 0.2) is 0 Å². The molecule has 5 nitrogen and oxygen atoms in total. The second-order valence-corrected chi connectivity index (χ2v) is 6.94. The topological polar surface area (TPSA) is 61.4 Å². The summed E-state index contributed by atoms with van der Waals surface area (Å²) >= 11 is 0. The zero-order valence-corrected chi connectivity index (χ0v) is 11.4. The Morgan fingerprint density at radius 3 is 2.41 bits per heavy atom. The molecule has 0 radical (unpaired) electrons. The Balaban J connectivity index is 1.88. The molecular formula is C11H23N3O2S. The molecule has 0 aromatic carbocycles. The number of rotatable bonds is 5. The smallest absolute Gasteiger partial charge is 0.279 e. The van der Waals surface area contributed by atoms with E-state index in [0.717, 1.165) is 32.4 Å². The van der Waals surface area contributed by atoms with E-state index in [9.17, 15) is 8.42 Å². The van der Waals surface area contributed by atoms with Gasteiger partial charge in [0.25, 0.3) is 10.2 Å². The molecule has 1 saturated carbocycles. The van der Waals surface area contributed by atoms with Crippen LogP contribution in [0, 0.1) is 5.41 Å².